The molecule has 30 heavy (non-hydrogen) atoms. The van der Waals surface area contributed by atoms with Crippen molar-refractivity contribution in [2.24, 2.45) is 10.7 Å². The van der Waals surface area contributed by atoms with Crippen LogP contribution in [0.5, 0.6) is 0 Å². The molecule has 1 aromatic carbocycles. The number of hydrogen-bond acceptors (Lipinski definition) is 4. The fraction of sp³-hybridized carbons (Fsp3) is 0.409. The Morgan fingerprint density at radius 1 is 1.33 bits per heavy atom. The number of fused-ring (bicyclic) bond motifs is 1. The van der Waals surface area contributed by atoms with Gasteiger partial charge in [0, 0.05) is 42.2 Å². The van der Waals surface area contributed by atoms with Crippen LogP contribution in [0, 0.1) is 0 Å². The lowest BCUT2D eigenvalue weighted by Gasteiger charge is -2.31. The van der Waals surface area contributed by atoms with Gasteiger partial charge in [-0.3, -0.25) is 4.99 Å². The van der Waals surface area contributed by atoms with Gasteiger partial charge in [0.15, 0.2) is 0 Å². The molecule has 0 spiro atoms. The Morgan fingerprint density at radius 3 is 2.77 bits per heavy atom. The van der Waals surface area contributed by atoms with Crippen molar-refractivity contribution in [1.82, 2.24) is 4.90 Å². The van der Waals surface area contributed by atoms with Gasteiger partial charge < -0.3 is 10.6 Å². The van der Waals surface area contributed by atoms with Crippen LogP contribution in [0.4, 0.5) is 13.2 Å². The number of nitrogens with zero attached hydrogens (tertiary/aromatic N) is 2. The van der Waals surface area contributed by atoms with Crippen molar-refractivity contribution in [3.63, 3.8) is 0 Å². The van der Waals surface area contributed by atoms with E-state index in [0.717, 1.165) is 35.4 Å². The third kappa shape index (κ3) is 5.07. The number of aliphatic imine (C=N–C) groups is 1. The zero-order valence-electron chi connectivity index (χ0n) is 17.0. The fourth-order valence-corrected chi connectivity index (χ4v) is 5.12. The Morgan fingerprint density at radius 2 is 2.07 bits per heavy atom. The molecule has 1 aromatic heterocycles. The molecular formula is C22H25ClF3N3S. The third-order valence-corrected chi connectivity index (χ3v) is 6.44. The van der Waals surface area contributed by atoms with Gasteiger partial charge in [0.2, 0.25) is 0 Å². The van der Waals surface area contributed by atoms with Crippen LogP contribution in [-0.4, -0.2) is 37.4 Å². The maximum Gasteiger partial charge on any atom is 0.431 e. The van der Waals surface area contributed by atoms with E-state index in [-0.39, 0.29) is 11.5 Å². The van der Waals surface area contributed by atoms with E-state index in [1.165, 1.54) is 17.6 Å². The largest absolute Gasteiger partial charge is 0.431 e. The lowest BCUT2D eigenvalue weighted by Crippen LogP contribution is -2.30. The second-order valence-corrected chi connectivity index (χ2v) is 9.25. The van der Waals surface area contributed by atoms with Crippen molar-refractivity contribution < 1.29 is 13.2 Å². The van der Waals surface area contributed by atoms with E-state index in [1.807, 2.05) is 32.2 Å². The van der Waals surface area contributed by atoms with Crippen molar-refractivity contribution in [3.8, 4) is 0 Å². The molecule has 0 aliphatic carbocycles. The van der Waals surface area contributed by atoms with Crippen molar-refractivity contribution >= 4 is 34.7 Å². The first-order valence-electron chi connectivity index (χ1n) is 9.85. The molecule has 8 heteroatoms. The van der Waals surface area contributed by atoms with E-state index in [4.69, 9.17) is 17.3 Å². The van der Waals surface area contributed by atoms with Crippen LogP contribution in [0.15, 0.2) is 41.0 Å². The fourth-order valence-electron chi connectivity index (χ4n) is 3.70. The number of thiophene rings is 1. The zero-order valence-corrected chi connectivity index (χ0v) is 18.5. The van der Waals surface area contributed by atoms with Gasteiger partial charge in [-0.05, 0) is 36.2 Å². The van der Waals surface area contributed by atoms with Gasteiger partial charge in [0.05, 0.1) is 4.34 Å². The van der Waals surface area contributed by atoms with Gasteiger partial charge in [-0.1, -0.05) is 49.2 Å². The summed E-state index contributed by atoms with van der Waals surface area (Å²) in [4.78, 5) is 7.52. The maximum absolute atomic E-state index is 13.6. The first-order chi connectivity index (χ1) is 14.2. The molecule has 162 valence electrons. The highest BCUT2D eigenvalue weighted by molar-refractivity contribution is 7.16. The van der Waals surface area contributed by atoms with Gasteiger partial charge in [-0.25, -0.2) is 0 Å². The van der Waals surface area contributed by atoms with E-state index in [2.05, 4.69) is 9.89 Å². The molecule has 1 atom stereocenters. The molecule has 1 unspecified atom stereocenters. The quantitative estimate of drug-likeness (QED) is 0.423. The molecular weight excluding hydrogens is 431 g/mol. The number of hydrogen-bond donors (Lipinski definition) is 1. The predicted molar refractivity (Wildman–Crippen MR) is 119 cm³/mol. The molecule has 2 aromatic rings. The number of halogens is 4. The molecule has 3 nitrogen and oxygen atoms in total. The van der Waals surface area contributed by atoms with Crippen LogP contribution in [0.2, 0.25) is 4.34 Å². The summed E-state index contributed by atoms with van der Waals surface area (Å²) in [5, 5.41) is 0. The van der Waals surface area contributed by atoms with Gasteiger partial charge in [0.1, 0.15) is 5.70 Å². The molecule has 2 N–H and O–H groups in total. The highest BCUT2D eigenvalue weighted by Gasteiger charge is 2.36. The van der Waals surface area contributed by atoms with E-state index in [1.54, 1.807) is 12.1 Å². The molecule has 0 fully saturated rings. The minimum atomic E-state index is -4.64. The Kier molecular flexibility index (Phi) is 7.26. The monoisotopic (exact) mass is 455 g/mol. The number of nitrogens with two attached hydrogens (primary N) is 1. The van der Waals surface area contributed by atoms with Crippen LogP contribution >= 0.6 is 22.9 Å². The van der Waals surface area contributed by atoms with E-state index >= 15 is 0 Å². The van der Waals surface area contributed by atoms with Crippen molar-refractivity contribution in [2.45, 2.75) is 38.4 Å². The molecule has 0 radical (unpaired) electrons. The topological polar surface area (TPSA) is 41.6 Å². The molecule has 0 saturated carbocycles. The highest BCUT2D eigenvalue weighted by Crippen LogP contribution is 2.42. The molecule has 0 saturated heterocycles. The normalized spacial score (nSPS) is 18.5. The lowest BCUT2D eigenvalue weighted by atomic mass is 9.83. The van der Waals surface area contributed by atoms with E-state index in [9.17, 15) is 13.2 Å². The lowest BCUT2D eigenvalue weighted by molar-refractivity contribution is -0.0918. The molecule has 1 aliphatic heterocycles. The first kappa shape index (κ1) is 22.8. The minimum Gasteiger partial charge on any atom is -0.394 e. The Balaban J connectivity index is 2.13. The van der Waals surface area contributed by atoms with Crippen LogP contribution in [0.25, 0.3) is 5.57 Å². The van der Waals surface area contributed by atoms with Crippen LogP contribution < -0.4 is 5.73 Å². The van der Waals surface area contributed by atoms with Crippen LogP contribution in [-0.2, 0) is 6.54 Å². The summed E-state index contributed by atoms with van der Waals surface area (Å²) < 4.78 is 41.4. The van der Waals surface area contributed by atoms with Crippen molar-refractivity contribution in [2.75, 3.05) is 20.1 Å². The number of allylic oxidation sites excluding steroid dienone is 2. The average Bonchev–Trinajstić information content (AvgIpc) is 3.06. The number of rotatable bonds is 6. The molecule has 0 bridgehead atoms. The standard InChI is InChI=1S/C22H25ClF3N3S/c1-3-4-9-28-11-17(21(27)22(24,25)26)14-7-5-6-8-15(14)18-12-29(2)13-19-16(18)10-20(23)30-19/h5-8,10-11,18H,3-4,9,12-13,27H2,1-2H3/b21-17+,28-11?. The van der Waals surface area contributed by atoms with Crippen LogP contribution in [0.3, 0.4) is 0 Å². The summed E-state index contributed by atoms with van der Waals surface area (Å²) in [6.45, 7) is 3.93. The summed E-state index contributed by atoms with van der Waals surface area (Å²) in [6, 6.07) is 9.07. The molecule has 0 amide bonds. The van der Waals surface area contributed by atoms with Gasteiger partial charge in [-0.15, -0.1) is 11.3 Å². The Hall–Kier alpha value is -1.83. The van der Waals surface area contributed by atoms with Crippen molar-refractivity contribution in [1.29, 1.82) is 0 Å². The predicted octanol–water partition coefficient (Wildman–Crippen LogP) is 6.08. The first-order valence-corrected chi connectivity index (χ1v) is 11.0. The molecule has 3 rings (SSSR count). The minimum absolute atomic E-state index is 0.0784. The van der Waals surface area contributed by atoms with Gasteiger partial charge in [0.25, 0.3) is 0 Å². The van der Waals surface area contributed by atoms with Crippen LogP contribution in [0.1, 0.15) is 47.3 Å². The number of likely N-dealkylation sites (N-methyl/N-ethyl adjacent to an activating group) is 1. The Bertz CT molecular complexity index is 949. The summed E-state index contributed by atoms with van der Waals surface area (Å²) in [5.74, 6) is -0.0984. The third-order valence-electron chi connectivity index (χ3n) is 5.18. The second kappa shape index (κ2) is 9.54. The zero-order chi connectivity index (χ0) is 21.9. The van der Waals surface area contributed by atoms with E-state index < -0.39 is 11.9 Å². The number of alkyl halides is 3. The smallest absolute Gasteiger partial charge is 0.394 e. The average molecular weight is 456 g/mol. The number of unbranched alkanes of at least 4 members (excludes halogenated alkanes) is 1. The van der Waals surface area contributed by atoms with E-state index in [0.29, 0.717) is 23.0 Å². The maximum atomic E-state index is 13.6. The summed E-state index contributed by atoms with van der Waals surface area (Å²) in [6.07, 6.45) is -1.63. The Labute approximate surface area is 184 Å². The van der Waals surface area contributed by atoms with Gasteiger partial charge >= 0.3 is 6.18 Å². The molecule has 2 heterocycles. The summed E-state index contributed by atoms with van der Waals surface area (Å²) >= 11 is 7.78. The van der Waals surface area contributed by atoms with Crippen molar-refractivity contribution in [3.05, 3.63) is 61.9 Å². The highest BCUT2D eigenvalue weighted by atomic mass is 35.5. The summed E-state index contributed by atoms with van der Waals surface area (Å²) in [7, 11) is 2.00. The number of benzene rings is 1. The summed E-state index contributed by atoms with van der Waals surface area (Å²) in [5.41, 5.74) is 6.73. The second-order valence-electron chi connectivity index (χ2n) is 7.48. The van der Waals surface area contributed by atoms with Gasteiger partial charge in [-0.2, -0.15) is 13.2 Å². The SMILES string of the molecule is CCCCN=C/C(=C(\N)C(F)(F)F)c1ccccc1C1CN(C)Cc2sc(Cl)cc21. The molecule has 1 aliphatic rings.